The van der Waals surface area contributed by atoms with E-state index in [-0.39, 0.29) is 30.1 Å². The molecule has 6 nitrogen and oxygen atoms in total. The Hall–Kier alpha value is -2.00. The van der Waals surface area contributed by atoms with Crippen molar-refractivity contribution in [2.45, 2.75) is 39.5 Å². The van der Waals surface area contributed by atoms with Crippen molar-refractivity contribution in [1.29, 1.82) is 0 Å². The predicted molar refractivity (Wildman–Crippen MR) is 139 cm³/mol. The summed E-state index contributed by atoms with van der Waals surface area (Å²) in [5, 5.41) is 6.78. The average Bonchev–Trinajstić information content (AvgIpc) is 3.24. The lowest BCUT2D eigenvalue weighted by atomic mass is 10.1. The van der Waals surface area contributed by atoms with Gasteiger partial charge in [-0.1, -0.05) is 24.3 Å². The van der Waals surface area contributed by atoms with E-state index in [0.717, 1.165) is 36.8 Å². The van der Waals surface area contributed by atoms with Gasteiger partial charge < -0.3 is 25.0 Å². The number of nitrogens with one attached hydrogen (secondary N) is 2. The van der Waals surface area contributed by atoms with Crippen molar-refractivity contribution in [3.63, 3.8) is 0 Å². The molecule has 1 saturated heterocycles. The first kappa shape index (κ1) is 25.3. The summed E-state index contributed by atoms with van der Waals surface area (Å²) < 4.78 is 11.7. The van der Waals surface area contributed by atoms with Crippen molar-refractivity contribution in [2.24, 2.45) is 4.99 Å². The van der Waals surface area contributed by atoms with Crippen LogP contribution in [-0.4, -0.2) is 45.9 Å². The van der Waals surface area contributed by atoms with Crippen LogP contribution in [0.4, 0.5) is 5.69 Å². The molecule has 0 spiro atoms. The van der Waals surface area contributed by atoms with Crippen molar-refractivity contribution in [3.8, 4) is 5.75 Å². The van der Waals surface area contributed by atoms with Gasteiger partial charge in [0.05, 0.1) is 19.8 Å². The van der Waals surface area contributed by atoms with Gasteiger partial charge in [-0.2, -0.15) is 0 Å². The fourth-order valence-corrected chi connectivity index (χ4v) is 3.33. The van der Waals surface area contributed by atoms with Crippen LogP contribution in [-0.2, 0) is 17.8 Å². The fraction of sp³-hybridized carbons (Fsp3) is 0.458. The Morgan fingerprint density at radius 2 is 2.03 bits per heavy atom. The molecule has 31 heavy (non-hydrogen) atoms. The number of aliphatic imine (C=N–C) groups is 1. The number of aryl methyl sites for hydroxylation is 1. The van der Waals surface area contributed by atoms with E-state index < -0.39 is 0 Å². The van der Waals surface area contributed by atoms with Gasteiger partial charge in [-0.3, -0.25) is 0 Å². The Morgan fingerprint density at radius 3 is 2.74 bits per heavy atom. The number of hydrogen-bond acceptors (Lipinski definition) is 4. The zero-order valence-electron chi connectivity index (χ0n) is 19.0. The second-order valence-corrected chi connectivity index (χ2v) is 7.83. The van der Waals surface area contributed by atoms with E-state index in [0.29, 0.717) is 19.7 Å². The number of anilines is 1. The van der Waals surface area contributed by atoms with Gasteiger partial charge >= 0.3 is 0 Å². The molecule has 0 bridgehead atoms. The van der Waals surface area contributed by atoms with E-state index in [2.05, 4.69) is 71.8 Å². The number of hydrogen-bond donors (Lipinski definition) is 2. The molecular formula is C24H35IN4O2. The van der Waals surface area contributed by atoms with Crippen LogP contribution in [0.1, 0.15) is 30.0 Å². The smallest absolute Gasteiger partial charge is 0.191 e. The van der Waals surface area contributed by atoms with Crippen LogP contribution in [0.2, 0.25) is 0 Å². The topological polar surface area (TPSA) is 58.1 Å². The van der Waals surface area contributed by atoms with Crippen LogP contribution in [0.3, 0.4) is 0 Å². The molecule has 0 aromatic heterocycles. The molecule has 1 heterocycles. The molecule has 0 saturated carbocycles. The fourth-order valence-electron chi connectivity index (χ4n) is 3.33. The minimum Gasteiger partial charge on any atom is -0.488 e. The maximum atomic E-state index is 6.21. The number of guanidine groups is 1. The van der Waals surface area contributed by atoms with Crippen LogP contribution in [0.25, 0.3) is 0 Å². The van der Waals surface area contributed by atoms with Gasteiger partial charge in [0, 0.05) is 44.9 Å². The second kappa shape index (κ2) is 12.8. The lowest BCUT2D eigenvalue weighted by molar-refractivity contribution is 0.140. The van der Waals surface area contributed by atoms with Crippen molar-refractivity contribution >= 4 is 35.6 Å². The van der Waals surface area contributed by atoms with Crippen LogP contribution in [0, 0.1) is 6.92 Å². The summed E-state index contributed by atoms with van der Waals surface area (Å²) in [5.41, 5.74) is 4.67. The normalized spacial score (nSPS) is 15.9. The number of benzene rings is 2. The third kappa shape index (κ3) is 7.88. The van der Waals surface area contributed by atoms with E-state index in [1.807, 2.05) is 14.1 Å². The molecule has 0 aliphatic carbocycles. The number of nitrogens with zero attached hydrogens (tertiary/aromatic N) is 2. The molecule has 0 amide bonds. The average molecular weight is 538 g/mol. The minimum absolute atomic E-state index is 0. The molecule has 2 N–H and O–H groups in total. The van der Waals surface area contributed by atoms with Gasteiger partial charge in [-0.05, 0) is 43.2 Å². The summed E-state index contributed by atoms with van der Waals surface area (Å²) in [4.78, 5) is 6.87. The maximum Gasteiger partial charge on any atom is 0.191 e. The molecule has 1 aliphatic rings. The third-order valence-electron chi connectivity index (χ3n) is 5.04. The Balaban J connectivity index is 0.00000341. The standard InChI is InChI=1S/C24H34N4O2.HI/c1-5-25-24(26-15-19-7-6-8-21(14-19)28(3)4)27-16-20-10-9-18(2)13-23(20)30-22-11-12-29-17-22;/h6-10,13-14,22H,5,11-12,15-17H2,1-4H3,(H2,25,26,27);1H. The Kier molecular flexibility index (Phi) is 10.4. The quantitative estimate of drug-likeness (QED) is 0.301. The maximum absolute atomic E-state index is 6.21. The van der Waals surface area contributed by atoms with Gasteiger partial charge in [0.1, 0.15) is 11.9 Å². The first-order valence-electron chi connectivity index (χ1n) is 10.7. The SMILES string of the molecule is CCNC(=NCc1cccc(N(C)C)c1)NCc1ccc(C)cc1OC1CCOC1.I. The number of halogens is 1. The number of rotatable bonds is 8. The van der Waals surface area contributed by atoms with Gasteiger partial charge in [0.15, 0.2) is 5.96 Å². The molecule has 0 radical (unpaired) electrons. The van der Waals surface area contributed by atoms with Crippen molar-refractivity contribution in [2.75, 3.05) is 38.8 Å². The monoisotopic (exact) mass is 538 g/mol. The minimum atomic E-state index is 0. The summed E-state index contributed by atoms with van der Waals surface area (Å²) in [6.07, 6.45) is 1.08. The van der Waals surface area contributed by atoms with Gasteiger partial charge in [0.25, 0.3) is 0 Å². The largest absolute Gasteiger partial charge is 0.488 e. The van der Waals surface area contributed by atoms with E-state index in [9.17, 15) is 0 Å². The van der Waals surface area contributed by atoms with E-state index >= 15 is 0 Å². The predicted octanol–water partition coefficient (Wildman–Crippen LogP) is 4.10. The Bertz CT molecular complexity index is 851. The molecule has 1 unspecified atom stereocenters. The highest BCUT2D eigenvalue weighted by Gasteiger charge is 2.18. The van der Waals surface area contributed by atoms with Crippen molar-refractivity contribution < 1.29 is 9.47 Å². The first-order valence-corrected chi connectivity index (χ1v) is 10.7. The van der Waals surface area contributed by atoms with Gasteiger partial charge in [-0.15, -0.1) is 24.0 Å². The lowest BCUT2D eigenvalue weighted by Gasteiger charge is -2.18. The molecular weight excluding hydrogens is 503 g/mol. The zero-order valence-corrected chi connectivity index (χ0v) is 21.3. The molecule has 170 valence electrons. The second-order valence-electron chi connectivity index (χ2n) is 7.83. The lowest BCUT2D eigenvalue weighted by Crippen LogP contribution is -2.37. The summed E-state index contributed by atoms with van der Waals surface area (Å²) in [7, 11) is 4.10. The molecule has 3 rings (SSSR count). The van der Waals surface area contributed by atoms with Crippen LogP contribution in [0.15, 0.2) is 47.5 Å². The van der Waals surface area contributed by atoms with Gasteiger partial charge in [-0.25, -0.2) is 4.99 Å². The molecule has 2 aromatic rings. The molecule has 2 aromatic carbocycles. The molecule has 1 aliphatic heterocycles. The summed E-state index contributed by atoms with van der Waals surface area (Å²) in [5.74, 6) is 1.72. The molecule has 1 atom stereocenters. The highest BCUT2D eigenvalue weighted by molar-refractivity contribution is 14.0. The zero-order chi connectivity index (χ0) is 21.3. The van der Waals surface area contributed by atoms with Crippen LogP contribution >= 0.6 is 24.0 Å². The van der Waals surface area contributed by atoms with Crippen molar-refractivity contribution in [3.05, 3.63) is 59.2 Å². The summed E-state index contributed by atoms with van der Waals surface area (Å²) in [6, 6.07) is 14.8. The first-order chi connectivity index (χ1) is 14.5. The number of ether oxygens (including phenoxy) is 2. The summed E-state index contributed by atoms with van der Waals surface area (Å²) in [6.45, 7) is 7.67. The Labute approximate surface area is 203 Å². The van der Waals surface area contributed by atoms with E-state index in [4.69, 9.17) is 14.5 Å². The van der Waals surface area contributed by atoms with Crippen LogP contribution in [0.5, 0.6) is 5.75 Å². The van der Waals surface area contributed by atoms with Crippen LogP contribution < -0.4 is 20.3 Å². The van der Waals surface area contributed by atoms with E-state index in [1.54, 1.807) is 0 Å². The molecule has 1 fully saturated rings. The highest BCUT2D eigenvalue weighted by Crippen LogP contribution is 2.24. The van der Waals surface area contributed by atoms with E-state index in [1.165, 1.54) is 16.8 Å². The third-order valence-corrected chi connectivity index (χ3v) is 5.04. The Morgan fingerprint density at radius 1 is 1.19 bits per heavy atom. The highest BCUT2D eigenvalue weighted by atomic mass is 127. The van der Waals surface area contributed by atoms with Gasteiger partial charge in [0.2, 0.25) is 0 Å². The molecule has 7 heteroatoms. The van der Waals surface area contributed by atoms with Crippen molar-refractivity contribution in [1.82, 2.24) is 10.6 Å². The summed E-state index contributed by atoms with van der Waals surface area (Å²) >= 11 is 0.